The van der Waals surface area contributed by atoms with Crippen LogP contribution in [0.25, 0.3) is 0 Å². The van der Waals surface area contributed by atoms with E-state index < -0.39 is 4.92 Å². The van der Waals surface area contributed by atoms with Crippen LogP contribution >= 0.6 is 0 Å². The molecule has 1 aromatic carbocycles. The number of nitrogens with zero attached hydrogens (tertiary/aromatic N) is 1. The van der Waals surface area contributed by atoms with Crippen molar-refractivity contribution in [1.82, 2.24) is 10.9 Å². The van der Waals surface area contributed by atoms with Crippen LogP contribution in [0.5, 0.6) is 0 Å². The molecule has 6 nitrogen and oxygen atoms in total. The van der Waals surface area contributed by atoms with Crippen molar-refractivity contribution in [3.05, 3.63) is 39.9 Å². The fourth-order valence-electron chi connectivity index (χ4n) is 1.41. The Balaban J connectivity index is 2.39. The molecule has 0 radical (unpaired) electrons. The Labute approximate surface area is 106 Å². The van der Waals surface area contributed by atoms with Crippen molar-refractivity contribution < 1.29 is 9.72 Å². The highest BCUT2D eigenvalue weighted by atomic mass is 16.6. The van der Waals surface area contributed by atoms with Gasteiger partial charge in [-0.05, 0) is 18.6 Å². The van der Waals surface area contributed by atoms with Crippen molar-refractivity contribution >= 4 is 11.6 Å². The quantitative estimate of drug-likeness (QED) is 0.441. The second-order valence-corrected chi connectivity index (χ2v) is 3.89. The van der Waals surface area contributed by atoms with Gasteiger partial charge in [-0.3, -0.25) is 20.3 Å². The molecule has 0 aliphatic rings. The zero-order valence-electron chi connectivity index (χ0n) is 10.3. The Morgan fingerprint density at radius 3 is 2.50 bits per heavy atom. The molecule has 0 unspecified atom stereocenters. The molecule has 18 heavy (non-hydrogen) atoms. The van der Waals surface area contributed by atoms with Crippen LogP contribution in [0.15, 0.2) is 24.3 Å². The maximum Gasteiger partial charge on any atom is 0.269 e. The first-order chi connectivity index (χ1) is 8.65. The molecule has 0 bridgehead atoms. The van der Waals surface area contributed by atoms with E-state index in [2.05, 4.69) is 17.8 Å². The van der Waals surface area contributed by atoms with E-state index in [1.54, 1.807) is 0 Å². The molecule has 1 aromatic rings. The van der Waals surface area contributed by atoms with E-state index in [4.69, 9.17) is 0 Å². The maximum atomic E-state index is 11.6. The molecule has 98 valence electrons. The highest BCUT2D eigenvalue weighted by molar-refractivity contribution is 5.94. The molecule has 0 aromatic heterocycles. The Morgan fingerprint density at radius 2 is 1.94 bits per heavy atom. The van der Waals surface area contributed by atoms with Crippen molar-refractivity contribution in [3.8, 4) is 0 Å². The van der Waals surface area contributed by atoms with Crippen LogP contribution in [-0.4, -0.2) is 17.4 Å². The lowest BCUT2D eigenvalue weighted by atomic mass is 10.2. The normalized spacial score (nSPS) is 10.1. The molecule has 0 heterocycles. The number of nitro groups is 1. The third kappa shape index (κ3) is 4.50. The largest absolute Gasteiger partial charge is 0.287 e. The number of amides is 1. The van der Waals surface area contributed by atoms with Crippen molar-refractivity contribution in [1.29, 1.82) is 0 Å². The number of benzene rings is 1. The van der Waals surface area contributed by atoms with Gasteiger partial charge in [0.2, 0.25) is 0 Å². The first-order valence-electron chi connectivity index (χ1n) is 5.92. The minimum atomic E-state index is -0.495. The van der Waals surface area contributed by atoms with Gasteiger partial charge in [-0.15, -0.1) is 0 Å². The van der Waals surface area contributed by atoms with Crippen LogP contribution in [0.1, 0.15) is 36.5 Å². The van der Waals surface area contributed by atoms with Crippen LogP contribution in [0.3, 0.4) is 0 Å². The van der Waals surface area contributed by atoms with Crippen LogP contribution in [0.4, 0.5) is 5.69 Å². The van der Waals surface area contributed by atoms with Gasteiger partial charge in [0.05, 0.1) is 4.92 Å². The summed E-state index contributed by atoms with van der Waals surface area (Å²) in [4.78, 5) is 21.6. The smallest absolute Gasteiger partial charge is 0.269 e. The molecule has 2 N–H and O–H groups in total. The monoisotopic (exact) mass is 251 g/mol. The van der Waals surface area contributed by atoms with Crippen LogP contribution in [-0.2, 0) is 0 Å². The molecule has 0 fully saturated rings. The molecule has 0 saturated carbocycles. The molecular formula is C12H17N3O3. The summed E-state index contributed by atoms with van der Waals surface area (Å²) in [6.07, 6.45) is 3.23. The van der Waals surface area contributed by atoms with E-state index in [1.807, 2.05) is 0 Å². The summed E-state index contributed by atoms with van der Waals surface area (Å²) >= 11 is 0. The van der Waals surface area contributed by atoms with Gasteiger partial charge in [-0.25, -0.2) is 5.43 Å². The molecular weight excluding hydrogens is 234 g/mol. The highest BCUT2D eigenvalue weighted by Gasteiger charge is 2.08. The number of carbonyl (C=O) groups is 1. The van der Waals surface area contributed by atoms with Gasteiger partial charge in [-0.1, -0.05) is 19.8 Å². The van der Waals surface area contributed by atoms with E-state index in [0.29, 0.717) is 12.1 Å². The lowest BCUT2D eigenvalue weighted by Crippen LogP contribution is -2.37. The number of nitro benzene ring substituents is 1. The third-order valence-electron chi connectivity index (χ3n) is 2.45. The van der Waals surface area contributed by atoms with Gasteiger partial charge in [0.1, 0.15) is 0 Å². The predicted octanol–water partition coefficient (Wildman–Crippen LogP) is 2.02. The molecule has 0 atom stereocenters. The second-order valence-electron chi connectivity index (χ2n) is 3.89. The van der Waals surface area contributed by atoms with Gasteiger partial charge in [0, 0.05) is 24.2 Å². The summed E-state index contributed by atoms with van der Waals surface area (Å²) < 4.78 is 0. The van der Waals surface area contributed by atoms with Crippen LogP contribution in [0, 0.1) is 10.1 Å². The summed E-state index contributed by atoms with van der Waals surface area (Å²) in [6.45, 7) is 2.82. The zero-order valence-corrected chi connectivity index (χ0v) is 10.3. The lowest BCUT2D eigenvalue weighted by Gasteiger charge is -2.06. The molecule has 0 saturated heterocycles. The molecule has 1 rings (SSSR count). The number of unbranched alkanes of at least 4 members (excludes halogenated alkanes) is 2. The minimum absolute atomic E-state index is 0.0255. The van der Waals surface area contributed by atoms with E-state index in [9.17, 15) is 14.9 Å². The van der Waals surface area contributed by atoms with Gasteiger partial charge in [-0.2, -0.15) is 0 Å². The number of rotatable bonds is 7. The average Bonchev–Trinajstić information content (AvgIpc) is 2.38. The highest BCUT2D eigenvalue weighted by Crippen LogP contribution is 2.11. The topological polar surface area (TPSA) is 84.3 Å². The average molecular weight is 251 g/mol. The molecule has 0 aliphatic carbocycles. The Hall–Kier alpha value is -1.95. The number of hydrazine groups is 1. The van der Waals surface area contributed by atoms with E-state index in [1.165, 1.54) is 24.3 Å². The van der Waals surface area contributed by atoms with E-state index in [-0.39, 0.29) is 11.6 Å². The van der Waals surface area contributed by atoms with Gasteiger partial charge in [0.15, 0.2) is 0 Å². The van der Waals surface area contributed by atoms with Crippen LogP contribution in [0.2, 0.25) is 0 Å². The standard InChI is InChI=1S/C12H17N3O3/c1-2-3-4-9-13-14-12(16)10-5-7-11(8-6-10)15(17)18/h5-8,13H,2-4,9H2,1H3,(H,14,16). The van der Waals surface area contributed by atoms with Crippen LogP contribution < -0.4 is 10.9 Å². The fourth-order valence-corrected chi connectivity index (χ4v) is 1.41. The minimum Gasteiger partial charge on any atom is -0.287 e. The Bertz CT molecular complexity index is 404. The van der Waals surface area contributed by atoms with Crippen molar-refractivity contribution in [2.45, 2.75) is 26.2 Å². The number of hydrogen-bond donors (Lipinski definition) is 2. The molecule has 6 heteroatoms. The SMILES string of the molecule is CCCCCNNC(=O)c1ccc([N+](=O)[O-])cc1. The Kier molecular flexibility index (Phi) is 5.79. The maximum absolute atomic E-state index is 11.6. The second kappa shape index (κ2) is 7.39. The molecule has 1 amide bonds. The van der Waals surface area contributed by atoms with Gasteiger partial charge < -0.3 is 0 Å². The van der Waals surface area contributed by atoms with Gasteiger partial charge >= 0.3 is 0 Å². The summed E-state index contributed by atoms with van der Waals surface area (Å²) in [5, 5.41) is 10.4. The lowest BCUT2D eigenvalue weighted by molar-refractivity contribution is -0.384. The van der Waals surface area contributed by atoms with Gasteiger partial charge in [0.25, 0.3) is 11.6 Å². The first-order valence-corrected chi connectivity index (χ1v) is 5.92. The molecule has 0 aliphatic heterocycles. The third-order valence-corrected chi connectivity index (χ3v) is 2.45. The summed E-state index contributed by atoms with van der Waals surface area (Å²) in [7, 11) is 0. The number of nitrogens with one attached hydrogen (secondary N) is 2. The number of carbonyl (C=O) groups excluding carboxylic acids is 1. The molecule has 0 spiro atoms. The zero-order chi connectivity index (χ0) is 13.4. The van der Waals surface area contributed by atoms with Crippen molar-refractivity contribution in [2.75, 3.05) is 6.54 Å². The van der Waals surface area contributed by atoms with Crippen molar-refractivity contribution in [2.24, 2.45) is 0 Å². The van der Waals surface area contributed by atoms with E-state index in [0.717, 1.165) is 19.3 Å². The predicted molar refractivity (Wildman–Crippen MR) is 68.1 cm³/mol. The summed E-state index contributed by atoms with van der Waals surface area (Å²) in [5.41, 5.74) is 5.74. The summed E-state index contributed by atoms with van der Waals surface area (Å²) in [5.74, 6) is -0.290. The van der Waals surface area contributed by atoms with E-state index >= 15 is 0 Å². The number of hydrogen-bond acceptors (Lipinski definition) is 4. The summed E-state index contributed by atoms with van der Waals surface area (Å²) in [6, 6.07) is 5.49. The first kappa shape index (κ1) is 14.1. The van der Waals surface area contributed by atoms with Crippen molar-refractivity contribution in [3.63, 3.8) is 0 Å². The Morgan fingerprint density at radius 1 is 1.28 bits per heavy atom. The fraction of sp³-hybridized carbons (Fsp3) is 0.417. The number of non-ortho nitro benzene ring substituents is 1.